The van der Waals surface area contributed by atoms with Gasteiger partial charge in [-0.2, -0.15) is 0 Å². The average molecular weight is 284 g/mol. The molecule has 2 amide bonds. The Morgan fingerprint density at radius 2 is 1.85 bits per heavy atom. The largest absolute Gasteiger partial charge is 0.354 e. The summed E-state index contributed by atoms with van der Waals surface area (Å²) in [6, 6.07) is -0.124. The lowest BCUT2D eigenvalue weighted by atomic mass is 10.2. The lowest BCUT2D eigenvalue weighted by Gasteiger charge is -2.31. The molecule has 0 spiro atoms. The molecule has 20 heavy (non-hydrogen) atoms. The molecule has 6 heteroatoms. The van der Waals surface area contributed by atoms with Crippen molar-refractivity contribution in [2.75, 3.05) is 45.8 Å². The van der Waals surface area contributed by atoms with Gasteiger partial charge in [-0.15, -0.1) is 0 Å². The Morgan fingerprint density at radius 1 is 1.25 bits per heavy atom. The second-order valence-corrected chi connectivity index (χ2v) is 5.07. The van der Waals surface area contributed by atoms with Crippen LogP contribution in [0.15, 0.2) is 0 Å². The molecule has 1 rings (SSSR count). The number of hydrogen-bond acceptors (Lipinski definition) is 4. The van der Waals surface area contributed by atoms with E-state index in [1.807, 2.05) is 20.8 Å². The van der Waals surface area contributed by atoms with Gasteiger partial charge in [0.1, 0.15) is 0 Å². The first-order valence-corrected chi connectivity index (χ1v) is 7.60. The van der Waals surface area contributed by atoms with E-state index < -0.39 is 0 Å². The molecule has 2 N–H and O–H groups in total. The van der Waals surface area contributed by atoms with E-state index in [1.54, 1.807) is 4.90 Å². The molecule has 0 aromatic carbocycles. The van der Waals surface area contributed by atoms with Gasteiger partial charge in [-0.05, 0) is 20.8 Å². The highest BCUT2D eigenvalue weighted by atomic mass is 16.2. The predicted octanol–water partition coefficient (Wildman–Crippen LogP) is -0.345. The van der Waals surface area contributed by atoms with Crippen LogP contribution in [0, 0.1) is 0 Å². The Labute approximate surface area is 121 Å². The van der Waals surface area contributed by atoms with Gasteiger partial charge in [0.2, 0.25) is 11.8 Å². The highest BCUT2D eigenvalue weighted by molar-refractivity contribution is 5.82. The molecule has 1 unspecified atom stereocenters. The van der Waals surface area contributed by atoms with Crippen LogP contribution in [0.25, 0.3) is 0 Å². The van der Waals surface area contributed by atoms with E-state index in [4.69, 9.17) is 0 Å². The van der Waals surface area contributed by atoms with Gasteiger partial charge in [0, 0.05) is 52.2 Å². The minimum absolute atomic E-state index is 0.0132. The Bertz CT molecular complexity index is 312. The van der Waals surface area contributed by atoms with Crippen molar-refractivity contribution in [2.45, 2.75) is 33.2 Å². The maximum absolute atomic E-state index is 12.0. The van der Waals surface area contributed by atoms with E-state index in [2.05, 4.69) is 15.5 Å². The number of amides is 2. The molecule has 0 bridgehead atoms. The van der Waals surface area contributed by atoms with Gasteiger partial charge >= 0.3 is 0 Å². The number of rotatable bonds is 7. The summed E-state index contributed by atoms with van der Waals surface area (Å²) in [7, 11) is 0. The monoisotopic (exact) mass is 284 g/mol. The smallest absolute Gasteiger partial charge is 0.237 e. The van der Waals surface area contributed by atoms with Gasteiger partial charge in [-0.1, -0.05) is 0 Å². The van der Waals surface area contributed by atoms with Crippen molar-refractivity contribution in [1.82, 2.24) is 20.4 Å². The molecule has 1 aliphatic heterocycles. The van der Waals surface area contributed by atoms with Gasteiger partial charge in [-0.3, -0.25) is 14.5 Å². The summed E-state index contributed by atoms with van der Waals surface area (Å²) in [6.07, 6.45) is 0.377. The molecule has 0 aromatic heterocycles. The fourth-order valence-electron chi connectivity index (χ4n) is 2.41. The SMILES string of the molecule is CCN(CC)C(=O)CCNC(=O)C(C)N1CCNCC1. The minimum atomic E-state index is -0.124. The van der Waals surface area contributed by atoms with E-state index in [1.165, 1.54) is 0 Å². The van der Waals surface area contributed by atoms with Gasteiger partial charge in [-0.25, -0.2) is 0 Å². The minimum Gasteiger partial charge on any atom is -0.354 e. The van der Waals surface area contributed by atoms with Crippen LogP contribution in [0.1, 0.15) is 27.2 Å². The average Bonchev–Trinajstić information content (AvgIpc) is 2.48. The highest BCUT2D eigenvalue weighted by Crippen LogP contribution is 2.01. The van der Waals surface area contributed by atoms with Crippen LogP contribution in [-0.4, -0.2) is 73.5 Å². The maximum Gasteiger partial charge on any atom is 0.237 e. The van der Waals surface area contributed by atoms with E-state index in [-0.39, 0.29) is 17.9 Å². The van der Waals surface area contributed by atoms with Crippen molar-refractivity contribution in [3.8, 4) is 0 Å². The van der Waals surface area contributed by atoms with Gasteiger partial charge in [0.15, 0.2) is 0 Å². The number of nitrogens with zero attached hydrogens (tertiary/aromatic N) is 2. The van der Waals surface area contributed by atoms with Crippen LogP contribution in [0.4, 0.5) is 0 Å². The Morgan fingerprint density at radius 3 is 2.40 bits per heavy atom. The number of carbonyl (C=O) groups is 2. The zero-order valence-corrected chi connectivity index (χ0v) is 12.9. The predicted molar refractivity (Wildman–Crippen MR) is 79.5 cm³/mol. The summed E-state index contributed by atoms with van der Waals surface area (Å²) in [4.78, 5) is 27.8. The first kappa shape index (κ1) is 16.9. The van der Waals surface area contributed by atoms with Crippen molar-refractivity contribution >= 4 is 11.8 Å². The number of carbonyl (C=O) groups excluding carboxylic acids is 2. The zero-order valence-electron chi connectivity index (χ0n) is 12.9. The first-order valence-electron chi connectivity index (χ1n) is 7.60. The van der Waals surface area contributed by atoms with Gasteiger partial charge in [0.05, 0.1) is 6.04 Å². The summed E-state index contributed by atoms with van der Waals surface area (Å²) in [5.74, 6) is 0.115. The topological polar surface area (TPSA) is 64.7 Å². The molecular formula is C14H28N4O2. The third-order valence-corrected chi connectivity index (χ3v) is 3.83. The molecule has 0 saturated carbocycles. The lowest BCUT2D eigenvalue weighted by molar-refractivity contribution is -0.131. The summed E-state index contributed by atoms with van der Waals surface area (Å²) in [5, 5.41) is 6.13. The van der Waals surface area contributed by atoms with Crippen molar-refractivity contribution < 1.29 is 9.59 Å². The van der Waals surface area contributed by atoms with Gasteiger partial charge < -0.3 is 15.5 Å². The van der Waals surface area contributed by atoms with Crippen molar-refractivity contribution in [3.05, 3.63) is 0 Å². The molecule has 1 atom stereocenters. The summed E-state index contributed by atoms with van der Waals surface area (Å²) in [6.45, 7) is 11.4. The van der Waals surface area contributed by atoms with Crippen molar-refractivity contribution in [2.24, 2.45) is 0 Å². The molecule has 0 aliphatic carbocycles. The molecule has 1 aliphatic rings. The van der Waals surface area contributed by atoms with Crippen LogP contribution in [0.2, 0.25) is 0 Å². The van der Waals surface area contributed by atoms with Crippen LogP contribution >= 0.6 is 0 Å². The Hall–Kier alpha value is -1.14. The Balaban J connectivity index is 2.26. The molecule has 1 saturated heterocycles. The summed E-state index contributed by atoms with van der Waals surface area (Å²) < 4.78 is 0. The molecule has 0 aromatic rings. The Kier molecular flexibility index (Phi) is 7.54. The van der Waals surface area contributed by atoms with Crippen molar-refractivity contribution in [3.63, 3.8) is 0 Å². The number of hydrogen-bond donors (Lipinski definition) is 2. The number of nitrogens with one attached hydrogen (secondary N) is 2. The van der Waals surface area contributed by atoms with E-state index in [9.17, 15) is 9.59 Å². The van der Waals surface area contributed by atoms with Crippen LogP contribution < -0.4 is 10.6 Å². The van der Waals surface area contributed by atoms with E-state index >= 15 is 0 Å². The standard InChI is InChI=1S/C14H28N4O2/c1-4-17(5-2)13(19)6-7-16-14(20)12(3)18-10-8-15-9-11-18/h12,15H,4-11H2,1-3H3,(H,16,20). The summed E-state index contributed by atoms with van der Waals surface area (Å²) >= 11 is 0. The molecule has 1 fully saturated rings. The van der Waals surface area contributed by atoms with E-state index in [0.29, 0.717) is 13.0 Å². The third-order valence-electron chi connectivity index (χ3n) is 3.83. The van der Waals surface area contributed by atoms with Crippen LogP contribution in [0.3, 0.4) is 0 Å². The second kappa shape index (κ2) is 8.92. The number of piperazine rings is 1. The fourth-order valence-corrected chi connectivity index (χ4v) is 2.41. The lowest BCUT2D eigenvalue weighted by Crippen LogP contribution is -2.52. The van der Waals surface area contributed by atoms with Gasteiger partial charge in [0.25, 0.3) is 0 Å². The molecule has 116 valence electrons. The maximum atomic E-state index is 12.0. The quantitative estimate of drug-likeness (QED) is 0.671. The zero-order chi connectivity index (χ0) is 15.0. The van der Waals surface area contributed by atoms with Crippen molar-refractivity contribution in [1.29, 1.82) is 0 Å². The normalized spacial score (nSPS) is 17.6. The molecule has 6 nitrogen and oxygen atoms in total. The highest BCUT2D eigenvalue weighted by Gasteiger charge is 2.22. The van der Waals surface area contributed by atoms with E-state index in [0.717, 1.165) is 39.3 Å². The molecule has 0 radical (unpaired) electrons. The third kappa shape index (κ3) is 5.09. The van der Waals surface area contributed by atoms with Crippen LogP contribution in [-0.2, 0) is 9.59 Å². The summed E-state index contributed by atoms with van der Waals surface area (Å²) in [5.41, 5.74) is 0. The van der Waals surface area contributed by atoms with Crippen LogP contribution in [0.5, 0.6) is 0 Å². The molecule has 1 heterocycles. The molecular weight excluding hydrogens is 256 g/mol. The first-order chi connectivity index (χ1) is 9.60. The second-order valence-electron chi connectivity index (χ2n) is 5.07. The fraction of sp³-hybridized carbons (Fsp3) is 0.857.